The summed E-state index contributed by atoms with van der Waals surface area (Å²) in [5.74, 6) is -0.572. The molecule has 2 aromatic carbocycles. The van der Waals surface area contributed by atoms with Crippen molar-refractivity contribution in [1.29, 1.82) is 0 Å². The fourth-order valence-corrected chi connectivity index (χ4v) is 1.65. The number of hydrogen-bond donors (Lipinski definition) is 1. The van der Waals surface area contributed by atoms with E-state index in [0.717, 1.165) is 11.1 Å². The average molecular weight is 686 g/mol. The normalized spacial score (nSPS) is 7.54. The summed E-state index contributed by atoms with van der Waals surface area (Å²) in [6.45, 7) is 9.60. The molecule has 0 aliphatic rings. The predicted molar refractivity (Wildman–Crippen MR) is 129 cm³/mol. The molecule has 7 heteroatoms. The van der Waals surface area contributed by atoms with Crippen molar-refractivity contribution in [1.82, 2.24) is 0 Å². The molecule has 0 saturated heterocycles. The predicted octanol–water partition coefficient (Wildman–Crippen LogP) is 6.95. The van der Waals surface area contributed by atoms with Crippen LogP contribution >= 0.6 is 40.0 Å². The van der Waals surface area contributed by atoms with Gasteiger partial charge in [0.2, 0.25) is 0 Å². The largest absolute Gasteiger partial charge is 0 e. The second-order valence-electron chi connectivity index (χ2n) is 4.48. The molecule has 0 atom stereocenters. The molecule has 0 amide bonds. The Morgan fingerprint density at radius 2 is 1.07 bits per heavy atom. The third kappa shape index (κ3) is 28.4. The Morgan fingerprint density at radius 3 is 1.32 bits per heavy atom. The fourth-order valence-electron chi connectivity index (χ4n) is 1.65. The number of benzene rings is 2. The summed E-state index contributed by atoms with van der Waals surface area (Å²) in [6, 6.07) is 18.9. The van der Waals surface area contributed by atoms with Crippen LogP contribution in [-0.2, 0) is 50.5 Å². The van der Waals surface area contributed by atoms with Crippen LogP contribution in [0.1, 0.15) is 45.7 Å². The van der Waals surface area contributed by atoms with Crippen molar-refractivity contribution >= 4 is 51.7 Å². The Balaban J connectivity index is -0.000000152. The zero-order valence-corrected chi connectivity index (χ0v) is 24.2. The maximum Gasteiger partial charge on any atom is 0 e. The topological polar surface area (TPSA) is 54.4 Å². The van der Waals surface area contributed by atoms with E-state index in [0.29, 0.717) is 15.9 Å². The molecule has 0 aliphatic heterocycles. The second-order valence-corrected chi connectivity index (χ2v) is 16.3. The van der Waals surface area contributed by atoms with Gasteiger partial charge in [-0.25, -0.2) is 0 Å². The molecule has 0 heterocycles. The molecule has 156 valence electrons. The molecular formula is C21H30I2O3V2. The van der Waals surface area contributed by atoms with Gasteiger partial charge in [0.1, 0.15) is 5.78 Å². The van der Waals surface area contributed by atoms with E-state index in [1.165, 1.54) is 0 Å². The van der Waals surface area contributed by atoms with E-state index < -0.39 is 5.97 Å². The summed E-state index contributed by atoms with van der Waals surface area (Å²) in [6.07, 6.45) is 0.668. The molecule has 0 aliphatic carbocycles. The van der Waals surface area contributed by atoms with Gasteiger partial charge < -0.3 is 5.11 Å². The maximum atomic E-state index is 10.6. The molecule has 0 bridgehead atoms. The van der Waals surface area contributed by atoms with Crippen molar-refractivity contribution in [2.24, 2.45) is 0 Å². The second kappa shape index (κ2) is 29.4. The van der Waals surface area contributed by atoms with Crippen molar-refractivity contribution < 1.29 is 42.7 Å². The van der Waals surface area contributed by atoms with E-state index in [9.17, 15) is 9.59 Å². The van der Waals surface area contributed by atoms with Gasteiger partial charge in [-0.15, -0.1) is 0 Å². The number of carbonyl (C=O) groups is 2. The Bertz CT molecular complexity index is 517. The van der Waals surface area contributed by atoms with Gasteiger partial charge in [-0.05, 0) is 18.1 Å². The van der Waals surface area contributed by atoms with Crippen LogP contribution in [0.15, 0.2) is 60.7 Å². The number of rotatable bonds is 4. The Kier molecular flexibility index (Phi) is 37.4. The quantitative estimate of drug-likeness (QED) is 0.355. The van der Waals surface area contributed by atoms with E-state index in [-0.39, 0.29) is 30.8 Å². The Labute approximate surface area is 211 Å². The van der Waals surface area contributed by atoms with Crippen LogP contribution in [0.25, 0.3) is 0 Å². The molecule has 0 spiro atoms. The standard InChI is InChI=1S/C9H10O.C8H8O2.2C2H6.2HI.2V/c1-8(10)7-9-5-3-2-4-6-9;9-8(10)6-7-4-2-1-3-5-7;2*1-2;;;;/h2-6H,7H2,1H3;1-5H,6H2,(H,9,10);2*1-2H3;2*1H;;/q;;;;;;;+2/p-2. The van der Waals surface area contributed by atoms with E-state index >= 15 is 0 Å². The van der Waals surface area contributed by atoms with Crippen LogP contribution in [0.4, 0.5) is 0 Å². The molecule has 0 aromatic heterocycles. The van der Waals surface area contributed by atoms with Gasteiger partial charge in [-0.1, -0.05) is 88.4 Å². The van der Waals surface area contributed by atoms with Crippen LogP contribution < -0.4 is 0 Å². The fraction of sp³-hybridized carbons (Fsp3) is 0.333. The summed E-state index contributed by atoms with van der Waals surface area (Å²) < 4.78 is 0. The summed E-state index contributed by atoms with van der Waals surface area (Å²) >= 11 is 4.74. The Hall–Kier alpha value is 0.209. The first-order chi connectivity index (χ1) is 13.0. The van der Waals surface area contributed by atoms with Crippen molar-refractivity contribution in [2.45, 2.75) is 47.5 Å². The number of carboxylic acids is 1. The minimum absolute atomic E-state index is 0. The maximum absolute atomic E-state index is 10.6. The molecular weight excluding hydrogens is 656 g/mol. The zero-order valence-electron chi connectivity index (χ0n) is 17.1. The molecule has 2 aromatic rings. The van der Waals surface area contributed by atoms with Crippen molar-refractivity contribution in [3.63, 3.8) is 0 Å². The molecule has 0 saturated carbocycles. The van der Waals surface area contributed by atoms with Crippen LogP contribution in [0.5, 0.6) is 0 Å². The molecule has 28 heavy (non-hydrogen) atoms. The number of carboxylic acid groups (broad SMARTS) is 1. The first kappa shape index (κ1) is 35.6. The Morgan fingerprint density at radius 1 is 0.786 bits per heavy atom. The van der Waals surface area contributed by atoms with Crippen molar-refractivity contribution in [3.05, 3.63) is 71.8 Å². The summed E-state index contributed by atoms with van der Waals surface area (Å²) in [7, 11) is 0.628. The molecule has 3 nitrogen and oxygen atoms in total. The third-order valence-electron chi connectivity index (χ3n) is 2.49. The summed E-state index contributed by atoms with van der Waals surface area (Å²) in [4.78, 5) is 20.8. The van der Waals surface area contributed by atoms with Gasteiger partial charge in [0.05, 0.1) is 6.42 Å². The molecule has 0 fully saturated rings. The molecule has 0 unspecified atom stereocenters. The van der Waals surface area contributed by atoms with Crippen LogP contribution in [0, 0.1) is 0 Å². The first-order valence-corrected chi connectivity index (χ1v) is 17.7. The van der Waals surface area contributed by atoms with Crippen LogP contribution in [-0.4, -0.2) is 16.9 Å². The smallest absolute Gasteiger partial charge is 0 e. The SMILES string of the molecule is CC.CC.CC(=O)Cc1ccccc1.O=C(O)Cc1ccccc1.[I][V][I].[V]. The number of ketones is 1. The number of aliphatic carboxylic acids is 1. The molecule has 1 N–H and O–H groups in total. The molecule has 2 rings (SSSR count). The van der Waals surface area contributed by atoms with E-state index in [4.69, 9.17) is 5.11 Å². The number of hydrogen-bond acceptors (Lipinski definition) is 2. The summed E-state index contributed by atoms with van der Waals surface area (Å²) in [5, 5.41) is 8.37. The van der Waals surface area contributed by atoms with Gasteiger partial charge in [0, 0.05) is 25.0 Å². The first-order valence-electron chi connectivity index (χ1n) is 8.71. The van der Waals surface area contributed by atoms with Crippen molar-refractivity contribution in [2.75, 3.05) is 0 Å². The molecule has 1 radical (unpaired) electrons. The third-order valence-corrected chi connectivity index (χ3v) is 2.49. The number of halogens is 2. The van der Waals surface area contributed by atoms with E-state index in [1.54, 1.807) is 19.1 Å². The monoisotopic (exact) mass is 686 g/mol. The average Bonchev–Trinajstić information content (AvgIpc) is 2.67. The van der Waals surface area contributed by atoms with E-state index in [2.05, 4.69) is 40.0 Å². The van der Waals surface area contributed by atoms with E-state index in [1.807, 2.05) is 76.2 Å². The zero-order chi connectivity index (χ0) is 21.5. The van der Waals surface area contributed by atoms with Gasteiger partial charge >= 0.3 is 55.4 Å². The minimum atomic E-state index is -0.786. The summed E-state index contributed by atoms with van der Waals surface area (Å²) in [5.41, 5.74) is 1.94. The van der Waals surface area contributed by atoms with Crippen molar-refractivity contribution in [3.8, 4) is 0 Å². The van der Waals surface area contributed by atoms with Gasteiger partial charge in [-0.3, -0.25) is 9.59 Å². The van der Waals surface area contributed by atoms with Crippen LogP contribution in [0.2, 0.25) is 0 Å². The minimum Gasteiger partial charge on any atom is 0 e. The van der Waals surface area contributed by atoms with Gasteiger partial charge in [0.25, 0.3) is 0 Å². The number of Topliss-reactive ketones (excluding diaryl/α,β-unsaturated/α-hetero) is 1. The van der Waals surface area contributed by atoms with Crippen LogP contribution in [0.3, 0.4) is 0 Å². The number of carbonyl (C=O) groups excluding carboxylic acids is 1. The van der Waals surface area contributed by atoms with Gasteiger partial charge in [-0.2, -0.15) is 0 Å². The van der Waals surface area contributed by atoms with Gasteiger partial charge in [0.15, 0.2) is 0 Å².